The Kier molecular flexibility index (Phi) is 5.20. The van der Waals surface area contributed by atoms with Crippen molar-refractivity contribution in [3.63, 3.8) is 0 Å². The molecule has 1 fully saturated rings. The van der Waals surface area contributed by atoms with Crippen LogP contribution in [0.3, 0.4) is 0 Å². The zero-order valence-corrected chi connectivity index (χ0v) is 15.6. The van der Waals surface area contributed by atoms with E-state index in [1.54, 1.807) is 10.4 Å². The van der Waals surface area contributed by atoms with Gasteiger partial charge in [0.25, 0.3) is 0 Å². The summed E-state index contributed by atoms with van der Waals surface area (Å²) in [5.41, 5.74) is 0. The Balaban J connectivity index is 2.30. The van der Waals surface area contributed by atoms with Gasteiger partial charge in [-0.05, 0) is 42.0 Å². The molecule has 1 aliphatic heterocycles. The molecule has 2 rings (SSSR count). The molecule has 1 aromatic rings. The molecule has 8 heteroatoms. The molecule has 2 heterocycles. The molecule has 0 radical (unpaired) electrons. The molecule has 20 heavy (non-hydrogen) atoms. The molecule has 0 bridgehead atoms. The van der Waals surface area contributed by atoms with Gasteiger partial charge in [0, 0.05) is 24.0 Å². The summed E-state index contributed by atoms with van der Waals surface area (Å²) in [4.78, 5) is 3.28. The maximum Gasteiger partial charge on any atom is 0.245 e. The Morgan fingerprint density at radius 1 is 1.50 bits per heavy atom. The first-order chi connectivity index (χ1) is 9.27. The Bertz CT molecular complexity index is 588. The fourth-order valence-corrected chi connectivity index (χ4v) is 6.83. The van der Waals surface area contributed by atoms with E-state index >= 15 is 0 Å². The van der Waals surface area contributed by atoms with Crippen molar-refractivity contribution in [1.29, 1.82) is 0 Å². The molecule has 1 aromatic heterocycles. The van der Waals surface area contributed by atoms with Crippen LogP contribution in [0, 0.1) is 5.92 Å². The number of halogens is 2. The Morgan fingerprint density at radius 2 is 2.15 bits per heavy atom. The summed E-state index contributed by atoms with van der Waals surface area (Å²) >= 11 is 10.5. The van der Waals surface area contributed by atoms with E-state index in [9.17, 15) is 8.42 Å². The van der Waals surface area contributed by atoms with Crippen molar-refractivity contribution in [1.82, 2.24) is 9.21 Å². The van der Waals surface area contributed by atoms with Crippen molar-refractivity contribution in [2.24, 2.45) is 5.92 Å². The van der Waals surface area contributed by atoms with Crippen LogP contribution in [0.25, 0.3) is 0 Å². The van der Waals surface area contributed by atoms with Gasteiger partial charge in [-0.15, -0.1) is 22.9 Å². The highest BCUT2D eigenvalue weighted by Gasteiger charge is 2.39. The average molecular weight is 402 g/mol. The lowest BCUT2D eigenvalue weighted by Crippen LogP contribution is -2.35. The molecular formula is C12H18BrClN2O2S2. The van der Waals surface area contributed by atoms with Crippen molar-refractivity contribution in [2.75, 3.05) is 27.2 Å². The molecule has 0 spiro atoms. The maximum absolute atomic E-state index is 12.7. The highest BCUT2D eigenvalue weighted by molar-refractivity contribution is 9.11. The first-order valence-corrected chi connectivity index (χ1v) is 9.86. The fourth-order valence-electron chi connectivity index (χ4n) is 2.55. The molecule has 1 aliphatic rings. The third-order valence-electron chi connectivity index (χ3n) is 3.66. The van der Waals surface area contributed by atoms with E-state index in [0.717, 1.165) is 4.88 Å². The summed E-state index contributed by atoms with van der Waals surface area (Å²) in [7, 11) is 0.533. The van der Waals surface area contributed by atoms with E-state index in [4.69, 9.17) is 11.6 Å². The number of likely N-dealkylation sites (N-methyl/N-ethyl adjacent to an activating group) is 1. The number of alkyl halides is 1. The van der Waals surface area contributed by atoms with E-state index in [1.807, 2.05) is 14.1 Å². The van der Waals surface area contributed by atoms with E-state index in [-0.39, 0.29) is 6.04 Å². The normalized spacial score (nSPS) is 24.7. The van der Waals surface area contributed by atoms with Crippen molar-refractivity contribution in [3.8, 4) is 0 Å². The minimum atomic E-state index is -3.45. The van der Waals surface area contributed by atoms with E-state index in [1.165, 1.54) is 11.3 Å². The standard InChI is InChI=1S/C12H18BrClN2O2S2/c1-8-6-16(7-10(8)15(2)3)20(17,18)11-4-9(5-14)19-12(11)13/h4,8,10H,5-7H2,1-3H3. The van der Waals surface area contributed by atoms with Gasteiger partial charge in [-0.1, -0.05) is 6.92 Å². The first kappa shape index (κ1) is 16.7. The summed E-state index contributed by atoms with van der Waals surface area (Å²) in [5.74, 6) is 0.653. The second-order valence-electron chi connectivity index (χ2n) is 5.31. The number of rotatable bonds is 4. The second kappa shape index (κ2) is 6.22. The van der Waals surface area contributed by atoms with Gasteiger partial charge in [0.2, 0.25) is 10.0 Å². The molecule has 0 aliphatic carbocycles. The largest absolute Gasteiger partial charge is 0.305 e. The van der Waals surface area contributed by atoms with Crippen LogP contribution in [0.4, 0.5) is 0 Å². The van der Waals surface area contributed by atoms with Gasteiger partial charge in [-0.3, -0.25) is 0 Å². The highest BCUT2D eigenvalue weighted by Crippen LogP contribution is 2.36. The molecule has 0 aromatic carbocycles. The zero-order valence-electron chi connectivity index (χ0n) is 11.6. The van der Waals surface area contributed by atoms with Gasteiger partial charge in [0.15, 0.2) is 0 Å². The van der Waals surface area contributed by atoms with Crippen LogP contribution >= 0.6 is 38.9 Å². The second-order valence-corrected chi connectivity index (χ2v) is 9.94. The van der Waals surface area contributed by atoms with Crippen LogP contribution in [0.5, 0.6) is 0 Å². The lowest BCUT2D eigenvalue weighted by atomic mass is 10.1. The van der Waals surface area contributed by atoms with Crippen LogP contribution in [0.2, 0.25) is 0 Å². The molecule has 0 saturated carbocycles. The molecule has 0 N–H and O–H groups in total. The summed E-state index contributed by atoms with van der Waals surface area (Å²) in [5, 5.41) is 0. The lowest BCUT2D eigenvalue weighted by Gasteiger charge is -2.22. The molecule has 2 unspecified atom stereocenters. The number of sulfonamides is 1. The van der Waals surface area contributed by atoms with Crippen molar-refractivity contribution >= 4 is 48.9 Å². The molecule has 0 amide bonds. The minimum Gasteiger partial charge on any atom is -0.305 e. The third kappa shape index (κ3) is 3.08. The monoisotopic (exact) mass is 400 g/mol. The SMILES string of the molecule is CC1CN(S(=O)(=O)c2cc(CCl)sc2Br)CC1N(C)C. The smallest absolute Gasteiger partial charge is 0.245 e. The van der Waals surface area contributed by atoms with Gasteiger partial charge in [-0.25, -0.2) is 8.42 Å². The lowest BCUT2D eigenvalue weighted by molar-refractivity contribution is 0.263. The van der Waals surface area contributed by atoms with E-state index < -0.39 is 10.0 Å². The predicted octanol–water partition coefficient (Wildman–Crippen LogP) is 2.82. The number of hydrogen-bond acceptors (Lipinski definition) is 4. The summed E-state index contributed by atoms with van der Waals surface area (Å²) in [6.07, 6.45) is 0. The van der Waals surface area contributed by atoms with Gasteiger partial charge < -0.3 is 4.90 Å². The van der Waals surface area contributed by atoms with E-state index in [0.29, 0.717) is 33.6 Å². The van der Waals surface area contributed by atoms with Crippen LogP contribution in [-0.2, 0) is 15.9 Å². The van der Waals surface area contributed by atoms with Crippen LogP contribution in [0.1, 0.15) is 11.8 Å². The number of nitrogens with zero attached hydrogens (tertiary/aromatic N) is 2. The first-order valence-electron chi connectivity index (χ1n) is 6.28. The quantitative estimate of drug-likeness (QED) is 0.728. The zero-order chi connectivity index (χ0) is 15.1. The molecule has 4 nitrogen and oxygen atoms in total. The molecule has 2 atom stereocenters. The van der Waals surface area contributed by atoms with Crippen molar-refractivity contribution < 1.29 is 8.42 Å². The van der Waals surface area contributed by atoms with Crippen LogP contribution in [0.15, 0.2) is 14.7 Å². The Morgan fingerprint density at radius 3 is 2.60 bits per heavy atom. The van der Waals surface area contributed by atoms with Gasteiger partial charge >= 0.3 is 0 Å². The maximum atomic E-state index is 12.7. The van der Waals surface area contributed by atoms with Crippen molar-refractivity contribution in [2.45, 2.75) is 23.7 Å². The van der Waals surface area contributed by atoms with Gasteiger partial charge in [0.1, 0.15) is 4.90 Å². The van der Waals surface area contributed by atoms with Gasteiger partial charge in [0.05, 0.1) is 9.67 Å². The Labute approximate surface area is 137 Å². The average Bonchev–Trinajstić information content (AvgIpc) is 2.93. The summed E-state index contributed by atoms with van der Waals surface area (Å²) in [6, 6.07) is 1.93. The minimum absolute atomic E-state index is 0.259. The fraction of sp³-hybridized carbons (Fsp3) is 0.667. The van der Waals surface area contributed by atoms with E-state index in [2.05, 4.69) is 27.8 Å². The van der Waals surface area contributed by atoms with Crippen molar-refractivity contribution in [3.05, 3.63) is 14.7 Å². The molecule has 1 saturated heterocycles. The van der Waals surface area contributed by atoms with Crippen LogP contribution in [-0.4, -0.2) is 50.8 Å². The van der Waals surface area contributed by atoms with Crippen LogP contribution < -0.4 is 0 Å². The highest BCUT2D eigenvalue weighted by atomic mass is 79.9. The topological polar surface area (TPSA) is 40.6 Å². The van der Waals surface area contributed by atoms with Gasteiger partial charge in [-0.2, -0.15) is 4.31 Å². The predicted molar refractivity (Wildman–Crippen MR) is 87.0 cm³/mol. The number of hydrogen-bond donors (Lipinski definition) is 0. The Hall–Kier alpha value is 0.340. The summed E-state index contributed by atoms with van der Waals surface area (Å²) in [6.45, 7) is 3.19. The number of thiophene rings is 1. The molecular weight excluding hydrogens is 384 g/mol. The third-order valence-corrected chi connectivity index (χ3v) is 8.19. The molecule has 114 valence electrons. The summed E-state index contributed by atoms with van der Waals surface area (Å²) < 4.78 is 27.7.